The van der Waals surface area contributed by atoms with Crippen molar-refractivity contribution in [3.8, 4) is 0 Å². The zero-order chi connectivity index (χ0) is 13.1. The average Bonchev–Trinajstić information content (AvgIpc) is 2.75. The molecule has 0 amide bonds. The number of allylic oxidation sites excluding steroid dienone is 1. The van der Waals surface area contributed by atoms with Gasteiger partial charge in [-0.1, -0.05) is 28.7 Å². The third-order valence-corrected chi connectivity index (χ3v) is 4.54. The summed E-state index contributed by atoms with van der Waals surface area (Å²) in [7, 11) is 2.61. The number of hydrogen-bond donors (Lipinski definition) is 0. The minimum Gasteiger partial charge on any atom is -0.468 e. The molecule has 0 spiro atoms. The van der Waals surface area contributed by atoms with Crippen LogP contribution < -0.4 is 0 Å². The number of alkyl halides is 1. The van der Waals surface area contributed by atoms with Crippen LogP contribution in [-0.2, 0) is 19.1 Å². The molecule has 0 heterocycles. The normalized spacial score (nSPS) is 26.3. The largest absolute Gasteiger partial charge is 0.468 e. The molecule has 0 aromatic rings. The molecular formula is C12H17IO4. The molecule has 0 aliphatic heterocycles. The van der Waals surface area contributed by atoms with Crippen molar-refractivity contribution in [2.24, 2.45) is 17.3 Å². The van der Waals surface area contributed by atoms with E-state index >= 15 is 0 Å². The zero-order valence-corrected chi connectivity index (χ0v) is 12.2. The molecule has 1 rings (SSSR count). The predicted octanol–water partition coefficient (Wildman–Crippen LogP) is 1.97. The van der Waals surface area contributed by atoms with Gasteiger partial charge in [-0.25, -0.2) is 0 Å². The number of rotatable bonds is 4. The Balaban J connectivity index is 3.19. The summed E-state index contributed by atoms with van der Waals surface area (Å²) in [4.78, 5) is 24.0. The molecule has 96 valence electrons. The molecule has 1 saturated carbocycles. The Labute approximate surface area is 115 Å². The van der Waals surface area contributed by atoms with Crippen molar-refractivity contribution < 1.29 is 19.1 Å². The number of carbonyl (C=O) groups is 2. The summed E-state index contributed by atoms with van der Waals surface area (Å²) in [6, 6.07) is 0. The molecule has 5 heteroatoms. The third-order valence-electron chi connectivity index (χ3n) is 3.59. The fourth-order valence-corrected chi connectivity index (χ4v) is 4.03. The van der Waals surface area contributed by atoms with Crippen LogP contribution in [0.15, 0.2) is 12.7 Å². The van der Waals surface area contributed by atoms with Crippen LogP contribution in [0.4, 0.5) is 0 Å². The van der Waals surface area contributed by atoms with Gasteiger partial charge >= 0.3 is 11.9 Å². The highest BCUT2D eigenvalue weighted by Crippen LogP contribution is 2.50. The maximum absolute atomic E-state index is 12.0. The lowest BCUT2D eigenvalue weighted by Gasteiger charge is -2.30. The molecule has 0 unspecified atom stereocenters. The molecule has 4 nitrogen and oxygen atoms in total. The molecular weight excluding hydrogens is 335 g/mol. The number of methoxy groups -OCH3 is 2. The van der Waals surface area contributed by atoms with Crippen molar-refractivity contribution in [2.45, 2.75) is 12.8 Å². The lowest BCUT2D eigenvalue weighted by atomic mass is 9.76. The monoisotopic (exact) mass is 352 g/mol. The van der Waals surface area contributed by atoms with E-state index in [1.165, 1.54) is 14.2 Å². The van der Waals surface area contributed by atoms with E-state index in [0.717, 1.165) is 6.42 Å². The van der Waals surface area contributed by atoms with Gasteiger partial charge in [-0.3, -0.25) is 9.59 Å². The molecule has 2 atom stereocenters. The lowest BCUT2D eigenvalue weighted by Crippen LogP contribution is -2.45. The topological polar surface area (TPSA) is 52.6 Å². The van der Waals surface area contributed by atoms with Gasteiger partial charge in [0.2, 0.25) is 0 Å². The van der Waals surface area contributed by atoms with Gasteiger partial charge in [0.05, 0.1) is 14.2 Å². The zero-order valence-electron chi connectivity index (χ0n) is 10.1. The molecule has 0 N–H and O–H groups in total. The van der Waals surface area contributed by atoms with Gasteiger partial charge in [-0.15, -0.1) is 6.58 Å². The molecule has 1 aliphatic carbocycles. The van der Waals surface area contributed by atoms with Crippen LogP contribution in [0.2, 0.25) is 0 Å². The van der Waals surface area contributed by atoms with E-state index in [-0.39, 0.29) is 11.8 Å². The van der Waals surface area contributed by atoms with E-state index in [9.17, 15) is 9.59 Å². The summed E-state index contributed by atoms with van der Waals surface area (Å²) >= 11 is 2.19. The number of carbonyl (C=O) groups excluding carboxylic acids is 2. The Bertz CT molecular complexity index is 310. The van der Waals surface area contributed by atoms with Gasteiger partial charge in [0, 0.05) is 10.3 Å². The highest BCUT2D eigenvalue weighted by atomic mass is 127. The third kappa shape index (κ3) is 2.21. The number of hydrogen-bond acceptors (Lipinski definition) is 4. The Morgan fingerprint density at radius 1 is 1.41 bits per heavy atom. The van der Waals surface area contributed by atoms with Crippen LogP contribution >= 0.6 is 22.6 Å². The van der Waals surface area contributed by atoms with E-state index in [4.69, 9.17) is 9.47 Å². The van der Waals surface area contributed by atoms with E-state index in [0.29, 0.717) is 10.8 Å². The number of halogens is 1. The van der Waals surface area contributed by atoms with Crippen LogP contribution in [-0.4, -0.2) is 30.6 Å². The summed E-state index contributed by atoms with van der Waals surface area (Å²) in [5, 5.41) is 0. The average molecular weight is 352 g/mol. The number of esters is 2. The quantitative estimate of drug-likeness (QED) is 0.255. The summed E-state index contributed by atoms with van der Waals surface area (Å²) < 4.78 is 10.3. The lowest BCUT2D eigenvalue weighted by molar-refractivity contribution is -0.171. The molecule has 0 bridgehead atoms. The SMILES string of the molecule is C=C[C@@H]1CCC(C(=O)OC)(C(=O)OC)[C@@H]1CI. The van der Waals surface area contributed by atoms with Gasteiger partial charge in [-0.05, 0) is 18.8 Å². The second-order valence-corrected chi connectivity index (χ2v) is 5.03. The van der Waals surface area contributed by atoms with E-state index in [2.05, 4.69) is 29.2 Å². The first-order valence-corrected chi connectivity index (χ1v) is 6.96. The highest BCUT2D eigenvalue weighted by Gasteiger charge is 2.59. The van der Waals surface area contributed by atoms with Crippen LogP contribution in [0.5, 0.6) is 0 Å². The minimum absolute atomic E-state index is 0.0968. The second-order valence-electron chi connectivity index (χ2n) is 4.15. The minimum atomic E-state index is -1.15. The first kappa shape index (κ1) is 14.5. The maximum Gasteiger partial charge on any atom is 0.323 e. The molecule has 0 aromatic heterocycles. The van der Waals surface area contributed by atoms with E-state index < -0.39 is 17.4 Å². The van der Waals surface area contributed by atoms with Gasteiger partial charge in [0.25, 0.3) is 0 Å². The van der Waals surface area contributed by atoms with Crippen LogP contribution in [0, 0.1) is 17.3 Å². The van der Waals surface area contributed by atoms with Crippen molar-refractivity contribution in [1.82, 2.24) is 0 Å². The van der Waals surface area contributed by atoms with Gasteiger partial charge in [0.1, 0.15) is 0 Å². The van der Waals surface area contributed by atoms with E-state index in [1.807, 2.05) is 6.08 Å². The molecule has 1 fully saturated rings. The second kappa shape index (κ2) is 5.84. The molecule has 0 aromatic carbocycles. The van der Waals surface area contributed by atoms with Gasteiger partial charge < -0.3 is 9.47 Å². The van der Waals surface area contributed by atoms with Crippen LogP contribution in [0.3, 0.4) is 0 Å². The summed E-state index contributed by atoms with van der Waals surface area (Å²) in [5.41, 5.74) is -1.15. The first-order valence-electron chi connectivity index (χ1n) is 5.43. The maximum atomic E-state index is 12.0. The Morgan fingerprint density at radius 2 is 1.94 bits per heavy atom. The van der Waals surface area contributed by atoms with E-state index in [1.54, 1.807) is 0 Å². The smallest absolute Gasteiger partial charge is 0.323 e. The summed E-state index contributed by atoms with van der Waals surface area (Å²) in [6.07, 6.45) is 3.05. The molecule has 0 saturated heterocycles. The van der Waals surface area contributed by atoms with Crippen molar-refractivity contribution in [3.05, 3.63) is 12.7 Å². The van der Waals surface area contributed by atoms with Crippen molar-refractivity contribution in [3.63, 3.8) is 0 Å². The van der Waals surface area contributed by atoms with Gasteiger partial charge in [-0.2, -0.15) is 0 Å². The van der Waals surface area contributed by atoms with Crippen LogP contribution in [0.1, 0.15) is 12.8 Å². The Kier molecular flexibility index (Phi) is 4.97. The van der Waals surface area contributed by atoms with Crippen LogP contribution in [0.25, 0.3) is 0 Å². The number of ether oxygens (including phenoxy) is 2. The van der Waals surface area contributed by atoms with Gasteiger partial charge in [0.15, 0.2) is 5.41 Å². The molecule has 0 radical (unpaired) electrons. The Hall–Kier alpha value is -0.590. The molecule has 17 heavy (non-hydrogen) atoms. The van der Waals surface area contributed by atoms with Crippen molar-refractivity contribution in [2.75, 3.05) is 18.6 Å². The summed E-state index contributed by atoms with van der Waals surface area (Å²) in [6.45, 7) is 3.77. The fraction of sp³-hybridized carbons (Fsp3) is 0.667. The van der Waals surface area contributed by atoms with Crippen molar-refractivity contribution >= 4 is 34.5 Å². The first-order chi connectivity index (χ1) is 8.08. The highest BCUT2D eigenvalue weighted by molar-refractivity contribution is 14.1. The standard InChI is InChI=1S/C12H17IO4/c1-4-8-5-6-12(9(8)7-13,10(14)16-2)11(15)17-3/h4,8-9H,1,5-7H2,2-3H3/t8-,9-/m1/s1. The van der Waals surface area contributed by atoms with Crippen molar-refractivity contribution in [1.29, 1.82) is 0 Å². The molecule has 1 aliphatic rings. The Morgan fingerprint density at radius 3 is 2.29 bits per heavy atom. The predicted molar refractivity (Wildman–Crippen MR) is 71.8 cm³/mol. The fourth-order valence-electron chi connectivity index (χ4n) is 2.63. The summed E-state index contributed by atoms with van der Waals surface area (Å²) in [5.74, 6) is -0.920.